The molecule has 0 spiro atoms. The predicted octanol–water partition coefficient (Wildman–Crippen LogP) is 5.46. The molecule has 5 rings (SSSR count). The summed E-state index contributed by atoms with van der Waals surface area (Å²) >= 11 is 0. The monoisotopic (exact) mass is 485 g/mol. The topological polar surface area (TPSA) is 53.7 Å². The van der Waals surface area contributed by atoms with Gasteiger partial charge in [-0.3, -0.25) is 14.7 Å². The maximum absolute atomic E-state index is 14.1. The summed E-state index contributed by atoms with van der Waals surface area (Å²) in [6, 6.07) is 12.3. The fraction of sp³-hybridized carbons (Fsp3) is 0.345. The first-order valence-corrected chi connectivity index (χ1v) is 12.4. The van der Waals surface area contributed by atoms with Crippen molar-refractivity contribution in [3.05, 3.63) is 88.8 Å². The van der Waals surface area contributed by atoms with Crippen LogP contribution in [0.2, 0.25) is 0 Å². The van der Waals surface area contributed by atoms with E-state index in [1.54, 1.807) is 17.0 Å². The van der Waals surface area contributed by atoms with Gasteiger partial charge in [0, 0.05) is 30.5 Å². The van der Waals surface area contributed by atoms with Gasteiger partial charge in [-0.25, -0.2) is 9.37 Å². The molecule has 3 aromatic rings. The van der Waals surface area contributed by atoms with Crippen LogP contribution in [0.5, 0.6) is 0 Å². The van der Waals surface area contributed by atoms with E-state index < -0.39 is 5.54 Å². The molecule has 1 aromatic heterocycles. The average molecular weight is 486 g/mol. The molecule has 2 aromatic carbocycles. The fourth-order valence-corrected chi connectivity index (χ4v) is 5.21. The number of amides is 1. The van der Waals surface area contributed by atoms with Gasteiger partial charge in [0.25, 0.3) is 5.91 Å². The van der Waals surface area contributed by atoms with Crippen LogP contribution < -0.4 is 0 Å². The number of aromatic nitrogens is 2. The highest BCUT2D eigenvalue weighted by molar-refractivity contribution is 6.12. The van der Waals surface area contributed by atoms with Gasteiger partial charge in [-0.1, -0.05) is 18.2 Å². The molecule has 2 aliphatic heterocycles. The van der Waals surface area contributed by atoms with E-state index >= 15 is 0 Å². The van der Waals surface area contributed by atoms with E-state index in [4.69, 9.17) is 4.99 Å². The number of guanidine groups is 1. The highest BCUT2D eigenvalue weighted by Gasteiger charge is 2.48. The third kappa shape index (κ3) is 4.12. The molecule has 0 aliphatic carbocycles. The van der Waals surface area contributed by atoms with Crippen molar-refractivity contribution in [3.63, 3.8) is 0 Å². The molecule has 186 valence electrons. The minimum absolute atomic E-state index is 0.0688. The number of nitrogens with zero attached hydrogens (tertiary/aromatic N) is 5. The number of carbonyl (C=O) groups excluding carboxylic acids is 1. The predicted molar refractivity (Wildman–Crippen MR) is 140 cm³/mol. The van der Waals surface area contributed by atoms with Crippen molar-refractivity contribution in [3.8, 4) is 5.69 Å². The number of halogens is 1. The average Bonchev–Trinajstić information content (AvgIpc) is 3.28. The van der Waals surface area contributed by atoms with Crippen LogP contribution >= 0.6 is 0 Å². The van der Waals surface area contributed by atoms with Crippen molar-refractivity contribution < 1.29 is 9.18 Å². The minimum Gasteiger partial charge on any atom is -0.333 e. The lowest BCUT2D eigenvalue weighted by atomic mass is 9.85. The number of aryl methyl sites for hydroxylation is 2. The number of hydrogen-bond donors (Lipinski definition) is 0. The molecular formula is C29H32FN5O. The van der Waals surface area contributed by atoms with E-state index in [0.29, 0.717) is 18.1 Å². The van der Waals surface area contributed by atoms with Crippen LogP contribution in [0.3, 0.4) is 0 Å². The van der Waals surface area contributed by atoms with Crippen LogP contribution in [0.25, 0.3) is 11.8 Å². The third-order valence-corrected chi connectivity index (χ3v) is 7.29. The minimum atomic E-state index is -0.524. The molecule has 1 atom stereocenters. The van der Waals surface area contributed by atoms with E-state index in [2.05, 4.69) is 42.8 Å². The number of imidazole rings is 1. The van der Waals surface area contributed by atoms with Gasteiger partial charge in [0.05, 0.1) is 23.6 Å². The highest BCUT2D eigenvalue weighted by atomic mass is 19.1. The summed E-state index contributed by atoms with van der Waals surface area (Å²) < 4.78 is 15.6. The van der Waals surface area contributed by atoms with Crippen molar-refractivity contribution in [2.75, 3.05) is 13.1 Å². The van der Waals surface area contributed by atoms with E-state index in [9.17, 15) is 9.18 Å². The number of carbonyl (C=O) groups is 1. The summed E-state index contributed by atoms with van der Waals surface area (Å²) in [5.74, 6) is 0.340. The van der Waals surface area contributed by atoms with Crippen LogP contribution in [0.1, 0.15) is 55.6 Å². The summed E-state index contributed by atoms with van der Waals surface area (Å²) in [6.45, 7) is 11.7. The normalized spacial score (nSPS) is 19.3. The molecule has 1 fully saturated rings. The lowest BCUT2D eigenvalue weighted by Crippen LogP contribution is -2.65. The van der Waals surface area contributed by atoms with Gasteiger partial charge in [-0.2, -0.15) is 0 Å². The van der Waals surface area contributed by atoms with Crippen LogP contribution in [-0.4, -0.2) is 49.8 Å². The number of fused-ring (bicyclic) bond motifs is 1. The van der Waals surface area contributed by atoms with Crippen LogP contribution in [0, 0.1) is 19.7 Å². The molecule has 2 aliphatic rings. The van der Waals surface area contributed by atoms with E-state index in [0.717, 1.165) is 41.0 Å². The van der Waals surface area contributed by atoms with Crippen LogP contribution in [0.4, 0.5) is 4.39 Å². The Balaban J connectivity index is 1.56. The Bertz CT molecular complexity index is 1370. The van der Waals surface area contributed by atoms with Gasteiger partial charge >= 0.3 is 0 Å². The number of rotatable bonds is 4. The number of benzene rings is 2. The molecule has 0 radical (unpaired) electrons. The Hall–Kier alpha value is -3.74. The second-order valence-electron chi connectivity index (χ2n) is 10.2. The Kier molecular flexibility index (Phi) is 6.02. The Labute approximate surface area is 211 Å². The van der Waals surface area contributed by atoms with E-state index in [-0.39, 0.29) is 17.8 Å². The summed E-state index contributed by atoms with van der Waals surface area (Å²) in [5.41, 5.74) is 5.14. The lowest BCUT2D eigenvalue weighted by molar-refractivity contribution is -0.128. The van der Waals surface area contributed by atoms with Gasteiger partial charge in [-0.05, 0) is 88.1 Å². The maximum atomic E-state index is 14.1. The second-order valence-corrected chi connectivity index (χ2v) is 10.2. The van der Waals surface area contributed by atoms with Gasteiger partial charge in [-0.15, -0.1) is 0 Å². The van der Waals surface area contributed by atoms with Crippen molar-refractivity contribution in [2.45, 2.75) is 52.6 Å². The fourth-order valence-electron chi connectivity index (χ4n) is 5.21. The molecule has 1 unspecified atom stereocenters. The zero-order valence-electron chi connectivity index (χ0n) is 21.5. The molecule has 0 N–H and O–H groups in total. The zero-order valence-corrected chi connectivity index (χ0v) is 21.5. The van der Waals surface area contributed by atoms with Gasteiger partial charge in [0.2, 0.25) is 5.96 Å². The number of aliphatic imine (C=N–C) groups is 1. The molecule has 3 heterocycles. The first kappa shape index (κ1) is 24.0. The summed E-state index contributed by atoms with van der Waals surface area (Å²) in [7, 11) is 0. The molecule has 36 heavy (non-hydrogen) atoms. The zero-order chi connectivity index (χ0) is 25.6. The smallest absolute Gasteiger partial charge is 0.259 e. The van der Waals surface area contributed by atoms with Gasteiger partial charge < -0.3 is 9.47 Å². The molecule has 1 amide bonds. The Morgan fingerprint density at radius 3 is 2.53 bits per heavy atom. The van der Waals surface area contributed by atoms with Crippen LogP contribution in [-0.2, 0) is 4.79 Å². The highest BCUT2D eigenvalue weighted by Crippen LogP contribution is 2.39. The SMILES string of the molecule is Cc1cn(-c2ccc(/C=C3/C(=O)N(C(C)c4ccc(F)cc4)C4=NCCCN4C3(C)C)cc2C)cn1. The standard InChI is InChI=1S/C29H32FN5O/c1-19-15-22(7-12-26(19)33-17-20(2)32-18-33)16-25-27(36)35(21(3)23-8-10-24(30)11-9-23)28-31-13-6-14-34(28)29(25,4)5/h7-12,15-18,21H,6,13-14H2,1-5H3/b25-16-. The van der Waals surface area contributed by atoms with E-state index in [1.807, 2.05) is 43.1 Å². The molecular weight excluding hydrogens is 453 g/mol. The van der Waals surface area contributed by atoms with Crippen LogP contribution in [0.15, 0.2) is 65.6 Å². The van der Waals surface area contributed by atoms with Crippen molar-refractivity contribution >= 4 is 17.9 Å². The third-order valence-electron chi connectivity index (χ3n) is 7.29. The molecule has 1 saturated heterocycles. The first-order valence-electron chi connectivity index (χ1n) is 12.4. The Morgan fingerprint density at radius 2 is 1.86 bits per heavy atom. The molecule has 7 heteroatoms. The quantitative estimate of drug-likeness (QED) is 0.462. The second kappa shape index (κ2) is 9.04. The largest absolute Gasteiger partial charge is 0.333 e. The van der Waals surface area contributed by atoms with Gasteiger partial charge in [0.1, 0.15) is 5.82 Å². The molecule has 0 saturated carbocycles. The Morgan fingerprint density at radius 1 is 1.11 bits per heavy atom. The van der Waals surface area contributed by atoms with Gasteiger partial charge in [0.15, 0.2) is 0 Å². The van der Waals surface area contributed by atoms with E-state index in [1.165, 1.54) is 12.1 Å². The summed E-state index contributed by atoms with van der Waals surface area (Å²) in [6.07, 6.45) is 6.76. The summed E-state index contributed by atoms with van der Waals surface area (Å²) in [4.78, 5) is 27.3. The van der Waals surface area contributed by atoms with Crippen molar-refractivity contribution in [2.24, 2.45) is 4.99 Å². The van der Waals surface area contributed by atoms with Crippen molar-refractivity contribution in [1.82, 2.24) is 19.4 Å². The maximum Gasteiger partial charge on any atom is 0.259 e. The lowest BCUT2D eigenvalue weighted by Gasteiger charge is -2.52. The molecule has 6 nitrogen and oxygen atoms in total. The number of hydrogen-bond acceptors (Lipinski definition) is 4. The molecule has 0 bridgehead atoms. The van der Waals surface area contributed by atoms with Crippen molar-refractivity contribution in [1.29, 1.82) is 0 Å². The summed E-state index contributed by atoms with van der Waals surface area (Å²) in [5, 5.41) is 0. The first-order chi connectivity index (χ1) is 17.2.